The zero-order chi connectivity index (χ0) is 14.8. The fourth-order valence-electron chi connectivity index (χ4n) is 1.82. The van der Waals surface area contributed by atoms with Gasteiger partial charge in [0.2, 0.25) is 0 Å². The molecule has 0 unspecified atom stereocenters. The molecule has 0 bridgehead atoms. The van der Waals surface area contributed by atoms with Crippen molar-refractivity contribution in [3.8, 4) is 0 Å². The van der Waals surface area contributed by atoms with Crippen molar-refractivity contribution in [2.45, 2.75) is 18.4 Å². The first kappa shape index (κ1) is 14.8. The van der Waals surface area contributed by atoms with Crippen molar-refractivity contribution in [3.63, 3.8) is 0 Å². The summed E-state index contributed by atoms with van der Waals surface area (Å²) in [4.78, 5) is 4.08. The van der Waals surface area contributed by atoms with Crippen LogP contribution in [0.3, 0.4) is 0 Å². The van der Waals surface area contributed by atoms with E-state index >= 15 is 0 Å². The van der Waals surface area contributed by atoms with Gasteiger partial charge in [0.1, 0.15) is 0 Å². The topological polar surface area (TPSA) is 85.1 Å². The number of nitrogens with one attached hydrogen (secondary N) is 1. The summed E-state index contributed by atoms with van der Waals surface area (Å²) in [7, 11) is -3.75. The number of nitrogens with zero attached hydrogens (tertiary/aromatic N) is 1. The second-order valence-electron chi connectivity index (χ2n) is 4.18. The van der Waals surface area contributed by atoms with E-state index in [4.69, 9.17) is 17.3 Å². The number of halogens is 1. The molecule has 0 atom stereocenters. The average molecular weight is 312 g/mol. The summed E-state index contributed by atoms with van der Waals surface area (Å²) in [6.45, 7) is 2.00. The molecular weight excluding hydrogens is 298 g/mol. The lowest BCUT2D eigenvalue weighted by Gasteiger charge is -2.12. The van der Waals surface area contributed by atoms with Gasteiger partial charge < -0.3 is 5.73 Å². The summed E-state index contributed by atoms with van der Waals surface area (Å²) >= 11 is 5.91. The molecule has 106 valence electrons. The van der Waals surface area contributed by atoms with Crippen LogP contribution in [0.15, 0.2) is 41.4 Å². The number of hydrogen-bond acceptors (Lipinski definition) is 4. The first-order chi connectivity index (χ1) is 9.45. The van der Waals surface area contributed by atoms with Crippen LogP contribution in [0.25, 0.3) is 0 Å². The van der Waals surface area contributed by atoms with E-state index in [0.717, 1.165) is 5.56 Å². The Kier molecular flexibility index (Phi) is 4.27. The number of benzene rings is 1. The van der Waals surface area contributed by atoms with E-state index in [-0.39, 0.29) is 22.3 Å². The summed E-state index contributed by atoms with van der Waals surface area (Å²) in [5.74, 6) is 0.103. The van der Waals surface area contributed by atoms with Crippen LogP contribution in [-0.2, 0) is 16.6 Å². The lowest BCUT2D eigenvalue weighted by molar-refractivity contribution is 0.600. The zero-order valence-electron chi connectivity index (χ0n) is 10.8. The number of sulfonamides is 1. The Labute approximate surface area is 122 Å². The summed E-state index contributed by atoms with van der Waals surface area (Å²) in [6, 6.07) is 8.16. The van der Waals surface area contributed by atoms with Crippen molar-refractivity contribution >= 4 is 27.4 Å². The first-order valence-electron chi connectivity index (χ1n) is 5.87. The number of pyridine rings is 1. The monoisotopic (exact) mass is 311 g/mol. The largest absolute Gasteiger partial charge is 0.326 e. The molecule has 1 heterocycles. The van der Waals surface area contributed by atoms with E-state index < -0.39 is 10.0 Å². The number of rotatable bonds is 4. The van der Waals surface area contributed by atoms with Crippen molar-refractivity contribution in [2.24, 2.45) is 5.73 Å². The lowest BCUT2D eigenvalue weighted by atomic mass is 10.1. The van der Waals surface area contributed by atoms with Crippen LogP contribution >= 0.6 is 11.6 Å². The molecule has 0 aliphatic carbocycles. The molecule has 0 aliphatic rings. The molecular formula is C13H14ClN3O2S. The fourth-order valence-corrected chi connectivity index (χ4v) is 3.36. The van der Waals surface area contributed by atoms with Gasteiger partial charge in [-0.2, -0.15) is 0 Å². The van der Waals surface area contributed by atoms with Crippen LogP contribution in [0.5, 0.6) is 0 Å². The second kappa shape index (κ2) is 5.78. The maximum atomic E-state index is 12.4. The third kappa shape index (κ3) is 2.92. The summed E-state index contributed by atoms with van der Waals surface area (Å²) < 4.78 is 27.2. The van der Waals surface area contributed by atoms with Crippen LogP contribution in [0, 0.1) is 6.92 Å². The van der Waals surface area contributed by atoms with Gasteiger partial charge in [0.15, 0.2) is 5.82 Å². The Morgan fingerprint density at radius 2 is 2.05 bits per heavy atom. The summed E-state index contributed by atoms with van der Waals surface area (Å²) in [6.07, 6.45) is 1.47. The molecule has 0 spiro atoms. The molecule has 0 aliphatic heterocycles. The SMILES string of the molecule is Cc1c(CN)cccc1S(=O)(=O)Nc1ncccc1Cl. The average Bonchev–Trinajstić information content (AvgIpc) is 2.41. The van der Waals surface area contributed by atoms with E-state index in [1.165, 1.54) is 12.3 Å². The Hall–Kier alpha value is -1.63. The van der Waals surface area contributed by atoms with Gasteiger partial charge >= 0.3 is 0 Å². The van der Waals surface area contributed by atoms with Gasteiger partial charge in [0.25, 0.3) is 10.0 Å². The van der Waals surface area contributed by atoms with Crippen molar-refractivity contribution in [3.05, 3.63) is 52.7 Å². The highest BCUT2D eigenvalue weighted by Gasteiger charge is 2.19. The van der Waals surface area contributed by atoms with Crippen LogP contribution in [-0.4, -0.2) is 13.4 Å². The van der Waals surface area contributed by atoms with Crippen LogP contribution in [0.1, 0.15) is 11.1 Å². The number of hydrogen-bond donors (Lipinski definition) is 2. The van der Waals surface area contributed by atoms with Crippen molar-refractivity contribution < 1.29 is 8.42 Å². The van der Waals surface area contributed by atoms with Gasteiger partial charge in [-0.1, -0.05) is 23.7 Å². The molecule has 1 aromatic heterocycles. The zero-order valence-corrected chi connectivity index (χ0v) is 12.4. The number of aromatic nitrogens is 1. The lowest BCUT2D eigenvalue weighted by Crippen LogP contribution is -2.16. The molecule has 0 radical (unpaired) electrons. The quantitative estimate of drug-likeness (QED) is 0.907. The molecule has 20 heavy (non-hydrogen) atoms. The highest BCUT2D eigenvalue weighted by molar-refractivity contribution is 7.92. The first-order valence-corrected chi connectivity index (χ1v) is 7.73. The minimum Gasteiger partial charge on any atom is -0.326 e. The van der Waals surface area contributed by atoms with Crippen molar-refractivity contribution in [1.82, 2.24) is 4.98 Å². The molecule has 5 nitrogen and oxygen atoms in total. The number of anilines is 1. The Morgan fingerprint density at radius 3 is 2.70 bits per heavy atom. The molecule has 0 fully saturated rings. The van der Waals surface area contributed by atoms with Crippen molar-refractivity contribution in [1.29, 1.82) is 0 Å². The molecule has 1 aromatic carbocycles. The Bertz CT molecular complexity index is 732. The second-order valence-corrected chi connectivity index (χ2v) is 6.24. The smallest absolute Gasteiger partial charge is 0.263 e. The van der Waals surface area contributed by atoms with Crippen LogP contribution in [0.2, 0.25) is 5.02 Å². The molecule has 3 N–H and O–H groups in total. The fraction of sp³-hybridized carbons (Fsp3) is 0.154. The predicted molar refractivity (Wildman–Crippen MR) is 79.1 cm³/mol. The van der Waals surface area contributed by atoms with E-state index in [1.54, 1.807) is 31.2 Å². The maximum Gasteiger partial charge on any atom is 0.263 e. The highest BCUT2D eigenvalue weighted by Crippen LogP contribution is 2.24. The number of nitrogens with two attached hydrogens (primary N) is 1. The van der Waals surface area contributed by atoms with Gasteiger partial charge in [-0.25, -0.2) is 13.4 Å². The molecule has 2 rings (SSSR count). The van der Waals surface area contributed by atoms with E-state index in [2.05, 4.69) is 9.71 Å². The minimum absolute atomic E-state index is 0.103. The standard InChI is InChI=1S/C13H14ClN3O2S/c1-9-10(8-15)4-2-6-12(9)20(18,19)17-13-11(14)5-3-7-16-13/h2-7H,8,15H2,1H3,(H,16,17). The molecule has 2 aromatic rings. The van der Waals surface area contributed by atoms with Gasteiger partial charge in [-0.15, -0.1) is 0 Å². The van der Waals surface area contributed by atoms with Gasteiger partial charge in [-0.05, 0) is 36.2 Å². The van der Waals surface area contributed by atoms with E-state index in [9.17, 15) is 8.42 Å². The normalized spacial score (nSPS) is 11.3. The maximum absolute atomic E-state index is 12.4. The molecule has 7 heteroatoms. The molecule has 0 amide bonds. The molecule has 0 saturated carbocycles. The van der Waals surface area contributed by atoms with Crippen LogP contribution in [0.4, 0.5) is 5.82 Å². The Balaban J connectivity index is 2.44. The van der Waals surface area contributed by atoms with Crippen LogP contribution < -0.4 is 10.5 Å². The van der Waals surface area contributed by atoms with Gasteiger partial charge in [0, 0.05) is 12.7 Å². The van der Waals surface area contributed by atoms with Crippen molar-refractivity contribution in [2.75, 3.05) is 4.72 Å². The molecule has 0 saturated heterocycles. The predicted octanol–water partition coefficient (Wildman–Crippen LogP) is 2.30. The summed E-state index contributed by atoms with van der Waals surface area (Å²) in [5, 5.41) is 0.240. The summed E-state index contributed by atoms with van der Waals surface area (Å²) in [5.41, 5.74) is 6.99. The third-order valence-corrected chi connectivity index (χ3v) is 4.68. The van der Waals surface area contributed by atoms with Gasteiger partial charge in [0.05, 0.1) is 9.92 Å². The van der Waals surface area contributed by atoms with E-state index in [0.29, 0.717) is 5.56 Å². The minimum atomic E-state index is -3.75. The van der Waals surface area contributed by atoms with E-state index in [1.807, 2.05) is 0 Å². The van der Waals surface area contributed by atoms with Gasteiger partial charge in [-0.3, -0.25) is 4.72 Å². The highest BCUT2D eigenvalue weighted by atomic mass is 35.5. The Morgan fingerprint density at radius 1 is 1.30 bits per heavy atom. The third-order valence-electron chi connectivity index (χ3n) is 2.90.